The first-order chi connectivity index (χ1) is 13.0. The van der Waals surface area contributed by atoms with E-state index in [2.05, 4.69) is 20.6 Å². The summed E-state index contributed by atoms with van der Waals surface area (Å²) in [5.41, 5.74) is 1.74. The highest BCUT2D eigenvalue weighted by molar-refractivity contribution is 14.0. The third-order valence-corrected chi connectivity index (χ3v) is 5.91. The SMILES string of the molecule is CN=C(NCc1ncoc1-c1ccccc1)NC[C@H]1CCCN1S(C)(=O)=O.I. The molecule has 0 bridgehead atoms. The van der Waals surface area contributed by atoms with Crippen LogP contribution in [0.15, 0.2) is 46.1 Å². The lowest BCUT2D eigenvalue weighted by atomic mass is 10.1. The van der Waals surface area contributed by atoms with E-state index in [-0.39, 0.29) is 30.0 Å². The molecule has 1 saturated heterocycles. The van der Waals surface area contributed by atoms with E-state index in [0.29, 0.717) is 25.6 Å². The summed E-state index contributed by atoms with van der Waals surface area (Å²) in [4.78, 5) is 8.49. The van der Waals surface area contributed by atoms with Crippen molar-refractivity contribution in [3.05, 3.63) is 42.4 Å². The maximum Gasteiger partial charge on any atom is 0.211 e. The second-order valence-electron chi connectivity index (χ2n) is 6.47. The van der Waals surface area contributed by atoms with E-state index in [1.165, 1.54) is 12.6 Å². The molecule has 0 spiro atoms. The molecule has 1 atom stereocenters. The molecule has 0 unspecified atom stereocenters. The number of oxazole rings is 1. The van der Waals surface area contributed by atoms with Crippen molar-refractivity contribution in [1.82, 2.24) is 19.9 Å². The minimum Gasteiger partial charge on any atom is -0.443 e. The van der Waals surface area contributed by atoms with E-state index in [4.69, 9.17) is 4.42 Å². The van der Waals surface area contributed by atoms with Gasteiger partial charge in [-0.25, -0.2) is 13.4 Å². The van der Waals surface area contributed by atoms with Gasteiger partial charge in [0.1, 0.15) is 5.69 Å². The van der Waals surface area contributed by atoms with Crippen LogP contribution in [-0.2, 0) is 16.6 Å². The number of aromatic nitrogens is 1. The molecule has 1 aliphatic rings. The van der Waals surface area contributed by atoms with Crippen molar-refractivity contribution >= 4 is 40.0 Å². The van der Waals surface area contributed by atoms with Crippen molar-refractivity contribution < 1.29 is 12.8 Å². The van der Waals surface area contributed by atoms with Crippen LogP contribution in [0.2, 0.25) is 0 Å². The summed E-state index contributed by atoms with van der Waals surface area (Å²) in [5.74, 6) is 1.31. The van der Waals surface area contributed by atoms with Crippen LogP contribution >= 0.6 is 24.0 Å². The van der Waals surface area contributed by atoms with Gasteiger partial charge in [-0.15, -0.1) is 24.0 Å². The highest BCUT2D eigenvalue weighted by Gasteiger charge is 2.31. The summed E-state index contributed by atoms with van der Waals surface area (Å²) in [7, 11) is -1.50. The lowest BCUT2D eigenvalue weighted by Gasteiger charge is -2.23. The van der Waals surface area contributed by atoms with Crippen LogP contribution in [0.4, 0.5) is 0 Å². The van der Waals surface area contributed by atoms with Gasteiger partial charge in [-0.1, -0.05) is 30.3 Å². The van der Waals surface area contributed by atoms with E-state index in [1.54, 1.807) is 11.4 Å². The van der Waals surface area contributed by atoms with Crippen LogP contribution in [0.25, 0.3) is 11.3 Å². The van der Waals surface area contributed by atoms with Gasteiger partial charge >= 0.3 is 0 Å². The van der Waals surface area contributed by atoms with Crippen LogP contribution in [0, 0.1) is 0 Å². The zero-order valence-corrected chi connectivity index (χ0v) is 19.1. The smallest absolute Gasteiger partial charge is 0.211 e. The standard InChI is InChI=1S/C18H25N5O3S.HI/c1-19-18(20-11-15-9-6-10-23(15)27(2,24)25)21-12-16-17(26-13-22-16)14-7-4-3-5-8-14;/h3-5,7-8,13,15H,6,9-12H2,1-2H3,(H2,19,20,21);1H/t15-;/m1./s1. The second kappa shape index (κ2) is 10.2. The van der Waals surface area contributed by atoms with Gasteiger partial charge in [0.25, 0.3) is 0 Å². The van der Waals surface area contributed by atoms with Crippen molar-refractivity contribution in [2.45, 2.75) is 25.4 Å². The fourth-order valence-electron chi connectivity index (χ4n) is 3.27. The lowest BCUT2D eigenvalue weighted by Crippen LogP contribution is -2.46. The summed E-state index contributed by atoms with van der Waals surface area (Å²) < 4.78 is 30.8. The zero-order chi connectivity index (χ0) is 19.3. The predicted molar refractivity (Wildman–Crippen MR) is 120 cm³/mol. The highest BCUT2D eigenvalue weighted by Crippen LogP contribution is 2.22. The Balaban J connectivity index is 0.00000280. The number of halogens is 1. The summed E-state index contributed by atoms with van der Waals surface area (Å²) in [5, 5.41) is 6.42. The van der Waals surface area contributed by atoms with Gasteiger partial charge in [0, 0.05) is 31.7 Å². The van der Waals surface area contributed by atoms with Gasteiger partial charge in [0.15, 0.2) is 18.1 Å². The maximum absolute atomic E-state index is 11.8. The van der Waals surface area contributed by atoms with E-state index in [9.17, 15) is 8.42 Å². The molecule has 0 aliphatic carbocycles. The number of hydrogen-bond donors (Lipinski definition) is 2. The first kappa shape index (κ1) is 22.6. The number of nitrogens with one attached hydrogen (secondary N) is 2. The first-order valence-corrected chi connectivity index (χ1v) is 10.7. The Bertz CT molecular complexity index is 886. The summed E-state index contributed by atoms with van der Waals surface area (Å²) >= 11 is 0. The lowest BCUT2D eigenvalue weighted by molar-refractivity contribution is 0.387. The largest absolute Gasteiger partial charge is 0.443 e. The Labute approximate surface area is 182 Å². The monoisotopic (exact) mass is 519 g/mol. The van der Waals surface area contributed by atoms with E-state index >= 15 is 0 Å². The molecule has 8 nitrogen and oxygen atoms in total. The zero-order valence-electron chi connectivity index (χ0n) is 16.0. The molecular formula is C18H26IN5O3S. The Morgan fingerprint density at radius 2 is 2.07 bits per heavy atom. The fourth-order valence-corrected chi connectivity index (χ4v) is 4.45. The molecule has 1 fully saturated rings. The molecule has 2 N–H and O–H groups in total. The Kier molecular flexibility index (Phi) is 8.25. The van der Waals surface area contributed by atoms with Gasteiger partial charge in [-0.3, -0.25) is 4.99 Å². The van der Waals surface area contributed by atoms with Gasteiger partial charge in [-0.05, 0) is 12.8 Å². The molecule has 1 aromatic carbocycles. The van der Waals surface area contributed by atoms with E-state index in [0.717, 1.165) is 29.9 Å². The average molecular weight is 519 g/mol. The topological polar surface area (TPSA) is 99.8 Å². The van der Waals surface area contributed by atoms with Gasteiger partial charge in [0.05, 0.1) is 12.8 Å². The molecule has 1 aliphatic heterocycles. The summed E-state index contributed by atoms with van der Waals surface area (Å²) in [6.07, 6.45) is 4.41. The van der Waals surface area contributed by atoms with E-state index in [1.807, 2.05) is 30.3 Å². The molecular weight excluding hydrogens is 493 g/mol. The molecule has 1 aromatic heterocycles. The van der Waals surface area contributed by atoms with Crippen molar-refractivity contribution in [3.8, 4) is 11.3 Å². The molecule has 2 aromatic rings. The normalized spacial score (nSPS) is 17.9. The molecule has 28 heavy (non-hydrogen) atoms. The molecule has 0 saturated carbocycles. The maximum atomic E-state index is 11.8. The number of sulfonamides is 1. The minimum absolute atomic E-state index is 0. The van der Waals surface area contributed by atoms with Crippen LogP contribution in [0.3, 0.4) is 0 Å². The van der Waals surface area contributed by atoms with Crippen molar-refractivity contribution in [1.29, 1.82) is 0 Å². The quantitative estimate of drug-likeness (QED) is 0.345. The van der Waals surface area contributed by atoms with Crippen LogP contribution < -0.4 is 10.6 Å². The van der Waals surface area contributed by atoms with Crippen molar-refractivity contribution in [2.75, 3.05) is 26.4 Å². The number of aliphatic imine (C=N–C) groups is 1. The van der Waals surface area contributed by atoms with E-state index < -0.39 is 10.0 Å². The fraction of sp³-hybridized carbons (Fsp3) is 0.444. The number of guanidine groups is 1. The van der Waals surface area contributed by atoms with Gasteiger partial charge in [0.2, 0.25) is 10.0 Å². The molecule has 154 valence electrons. The predicted octanol–water partition coefficient (Wildman–Crippen LogP) is 2.05. The number of benzene rings is 1. The first-order valence-electron chi connectivity index (χ1n) is 8.88. The Morgan fingerprint density at radius 1 is 1.32 bits per heavy atom. The number of hydrogen-bond acceptors (Lipinski definition) is 5. The van der Waals surface area contributed by atoms with Gasteiger partial charge in [-0.2, -0.15) is 4.31 Å². The molecule has 0 radical (unpaired) electrons. The summed E-state index contributed by atoms with van der Waals surface area (Å²) in [6.45, 7) is 1.54. The molecule has 10 heteroatoms. The third kappa shape index (κ3) is 5.67. The summed E-state index contributed by atoms with van der Waals surface area (Å²) in [6, 6.07) is 9.74. The molecule has 0 amide bonds. The Hall–Kier alpha value is -1.66. The Morgan fingerprint density at radius 3 is 2.75 bits per heavy atom. The molecule has 3 rings (SSSR count). The average Bonchev–Trinajstić information content (AvgIpc) is 3.31. The van der Waals surface area contributed by atoms with Crippen LogP contribution in [0.5, 0.6) is 0 Å². The second-order valence-corrected chi connectivity index (χ2v) is 8.41. The van der Waals surface area contributed by atoms with Crippen LogP contribution in [-0.4, -0.2) is 56.1 Å². The van der Waals surface area contributed by atoms with Crippen molar-refractivity contribution in [3.63, 3.8) is 0 Å². The van der Waals surface area contributed by atoms with Gasteiger partial charge < -0.3 is 15.1 Å². The van der Waals surface area contributed by atoms with Crippen molar-refractivity contribution in [2.24, 2.45) is 4.99 Å². The molecule has 2 heterocycles. The number of rotatable bonds is 6. The number of nitrogens with zero attached hydrogens (tertiary/aromatic N) is 3. The minimum atomic E-state index is -3.18. The van der Waals surface area contributed by atoms with Crippen LogP contribution in [0.1, 0.15) is 18.5 Å². The highest BCUT2D eigenvalue weighted by atomic mass is 127. The third-order valence-electron chi connectivity index (χ3n) is 4.58.